The Morgan fingerprint density at radius 2 is 2.00 bits per heavy atom. The van der Waals surface area contributed by atoms with E-state index in [1.807, 2.05) is 0 Å². The maximum Gasteiger partial charge on any atom is 0.0107 e. The average molecular weight is 236 g/mol. The first kappa shape index (κ1) is 13.1. The SMILES string of the molecule is CN(CCNCC1CC=CCC1)C1CCCC1. The zero-order chi connectivity index (χ0) is 11.9. The molecule has 1 fully saturated rings. The summed E-state index contributed by atoms with van der Waals surface area (Å²) < 4.78 is 0. The molecule has 2 aliphatic carbocycles. The van der Waals surface area contributed by atoms with Gasteiger partial charge in [0.25, 0.3) is 0 Å². The lowest BCUT2D eigenvalue weighted by molar-refractivity contribution is 0.243. The van der Waals surface area contributed by atoms with Gasteiger partial charge in [-0.1, -0.05) is 25.0 Å². The Hall–Kier alpha value is -0.340. The summed E-state index contributed by atoms with van der Waals surface area (Å²) in [6, 6.07) is 0.870. The van der Waals surface area contributed by atoms with Crippen molar-refractivity contribution in [2.45, 2.75) is 51.0 Å². The van der Waals surface area contributed by atoms with Crippen LogP contribution in [0.5, 0.6) is 0 Å². The van der Waals surface area contributed by atoms with Crippen molar-refractivity contribution in [3.8, 4) is 0 Å². The topological polar surface area (TPSA) is 15.3 Å². The molecule has 0 amide bonds. The van der Waals surface area contributed by atoms with Crippen LogP contribution in [0, 0.1) is 5.92 Å². The second kappa shape index (κ2) is 7.17. The Morgan fingerprint density at radius 1 is 1.18 bits per heavy atom. The van der Waals surface area contributed by atoms with Gasteiger partial charge >= 0.3 is 0 Å². The quantitative estimate of drug-likeness (QED) is 0.563. The molecule has 0 aliphatic heterocycles. The zero-order valence-electron chi connectivity index (χ0n) is 11.3. The van der Waals surface area contributed by atoms with Crippen LogP contribution in [0.3, 0.4) is 0 Å². The van der Waals surface area contributed by atoms with Gasteiger partial charge in [-0.25, -0.2) is 0 Å². The number of rotatable bonds is 6. The first-order valence-corrected chi connectivity index (χ1v) is 7.42. The molecule has 0 aromatic rings. The summed E-state index contributed by atoms with van der Waals surface area (Å²) in [7, 11) is 2.29. The van der Waals surface area contributed by atoms with Crippen LogP contribution in [0.15, 0.2) is 12.2 Å². The molecule has 2 heteroatoms. The first-order valence-electron chi connectivity index (χ1n) is 7.42. The largest absolute Gasteiger partial charge is 0.315 e. The van der Waals surface area contributed by atoms with E-state index in [0.29, 0.717) is 0 Å². The molecule has 2 aliphatic rings. The van der Waals surface area contributed by atoms with Gasteiger partial charge in [-0.3, -0.25) is 0 Å². The monoisotopic (exact) mass is 236 g/mol. The number of nitrogens with one attached hydrogen (secondary N) is 1. The minimum atomic E-state index is 0.870. The highest BCUT2D eigenvalue weighted by Gasteiger charge is 2.18. The Morgan fingerprint density at radius 3 is 2.71 bits per heavy atom. The predicted molar refractivity (Wildman–Crippen MR) is 74.2 cm³/mol. The molecule has 0 heterocycles. The number of hydrogen-bond donors (Lipinski definition) is 1. The van der Waals surface area contributed by atoms with E-state index < -0.39 is 0 Å². The van der Waals surface area contributed by atoms with Crippen molar-refractivity contribution in [2.24, 2.45) is 5.92 Å². The molecule has 1 atom stereocenters. The maximum absolute atomic E-state index is 3.63. The van der Waals surface area contributed by atoms with E-state index in [4.69, 9.17) is 0 Å². The van der Waals surface area contributed by atoms with Crippen molar-refractivity contribution in [1.29, 1.82) is 0 Å². The molecular weight excluding hydrogens is 208 g/mol. The molecule has 0 aromatic carbocycles. The Balaban J connectivity index is 1.51. The van der Waals surface area contributed by atoms with Gasteiger partial charge < -0.3 is 10.2 Å². The molecule has 1 unspecified atom stereocenters. The maximum atomic E-state index is 3.63. The Labute approximate surface area is 106 Å². The first-order chi connectivity index (χ1) is 8.36. The molecule has 17 heavy (non-hydrogen) atoms. The Bertz CT molecular complexity index is 231. The van der Waals surface area contributed by atoms with Crippen LogP contribution < -0.4 is 5.32 Å². The third-order valence-corrected chi connectivity index (χ3v) is 4.40. The lowest BCUT2D eigenvalue weighted by atomic mass is 9.94. The van der Waals surface area contributed by atoms with E-state index in [1.165, 1.54) is 58.0 Å². The van der Waals surface area contributed by atoms with Gasteiger partial charge in [0.05, 0.1) is 0 Å². The summed E-state index contributed by atoms with van der Waals surface area (Å²) in [4.78, 5) is 2.56. The van der Waals surface area contributed by atoms with E-state index in [9.17, 15) is 0 Å². The predicted octanol–water partition coefficient (Wildman–Crippen LogP) is 2.81. The van der Waals surface area contributed by atoms with Crippen LogP contribution in [-0.2, 0) is 0 Å². The zero-order valence-corrected chi connectivity index (χ0v) is 11.3. The molecule has 0 aromatic heterocycles. The van der Waals surface area contributed by atoms with Crippen LogP contribution in [0.2, 0.25) is 0 Å². The second-order valence-corrected chi connectivity index (χ2v) is 5.77. The van der Waals surface area contributed by atoms with Crippen molar-refractivity contribution < 1.29 is 0 Å². The van der Waals surface area contributed by atoms with Crippen molar-refractivity contribution in [2.75, 3.05) is 26.7 Å². The molecule has 2 rings (SSSR count). The molecule has 2 nitrogen and oxygen atoms in total. The number of hydrogen-bond acceptors (Lipinski definition) is 2. The smallest absolute Gasteiger partial charge is 0.0107 e. The Kier molecular flexibility index (Phi) is 5.53. The second-order valence-electron chi connectivity index (χ2n) is 5.77. The molecule has 98 valence electrons. The summed E-state index contributed by atoms with van der Waals surface area (Å²) in [5, 5.41) is 3.63. The van der Waals surface area contributed by atoms with Gasteiger partial charge in [-0.15, -0.1) is 0 Å². The highest BCUT2D eigenvalue weighted by atomic mass is 15.1. The summed E-state index contributed by atoms with van der Waals surface area (Å²) in [6.07, 6.45) is 14.3. The minimum absolute atomic E-state index is 0.870. The van der Waals surface area contributed by atoms with Gasteiger partial charge in [0.15, 0.2) is 0 Å². The van der Waals surface area contributed by atoms with Crippen molar-refractivity contribution in [1.82, 2.24) is 10.2 Å². The fraction of sp³-hybridized carbons (Fsp3) is 0.867. The third kappa shape index (κ3) is 4.44. The number of nitrogens with zero attached hydrogens (tertiary/aromatic N) is 1. The number of allylic oxidation sites excluding steroid dienone is 2. The summed E-state index contributed by atoms with van der Waals surface area (Å²) in [6.45, 7) is 3.59. The molecule has 0 saturated heterocycles. The fourth-order valence-corrected chi connectivity index (χ4v) is 3.13. The summed E-state index contributed by atoms with van der Waals surface area (Å²) in [5.74, 6) is 0.886. The highest BCUT2D eigenvalue weighted by molar-refractivity contribution is 4.90. The van der Waals surface area contributed by atoms with E-state index in [0.717, 1.165) is 18.5 Å². The van der Waals surface area contributed by atoms with Crippen LogP contribution in [0.4, 0.5) is 0 Å². The summed E-state index contributed by atoms with van der Waals surface area (Å²) >= 11 is 0. The van der Waals surface area contributed by atoms with E-state index >= 15 is 0 Å². The van der Waals surface area contributed by atoms with E-state index in [2.05, 4.69) is 29.4 Å². The molecule has 0 bridgehead atoms. The van der Waals surface area contributed by atoms with Gasteiger partial charge in [0.1, 0.15) is 0 Å². The van der Waals surface area contributed by atoms with E-state index in [-0.39, 0.29) is 0 Å². The van der Waals surface area contributed by atoms with Crippen molar-refractivity contribution >= 4 is 0 Å². The van der Waals surface area contributed by atoms with Gasteiger partial charge in [-0.05, 0) is 51.6 Å². The van der Waals surface area contributed by atoms with Crippen LogP contribution >= 0.6 is 0 Å². The molecule has 1 N–H and O–H groups in total. The van der Waals surface area contributed by atoms with Crippen LogP contribution in [0.25, 0.3) is 0 Å². The standard InChI is InChI=1S/C15H28N2/c1-17(15-9-5-6-10-15)12-11-16-13-14-7-3-2-4-8-14/h2-3,14-16H,4-13H2,1H3. The number of likely N-dealkylation sites (N-methyl/N-ethyl adjacent to an activating group) is 1. The lowest BCUT2D eigenvalue weighted by Crippen LogP contribution is -2.36. The molecule has 0 spiro atoms. The molecular formula is C15H28N2. The summed E-state index contributed by atoms with van der Waals surface area (Å²) in [5.41, 5.74) is 0. The minimum Gasteiger partial charge on any atom is -0.315 e. The average Bonchev–Trinajstić information content (AvgIpc) is 2.89. The third-order valence-electron chi connectivity index (χ3n) is 4.40. The van der Waals surface area contributed by atoms with Crippen LogP contribution in [-0.4, -0.2) is 37.6 Å². The van der Waals surface area contributed by atoms with Crippen molar-refractivity contribution in [3.63, 3.8) is 0 Å². The van der Waals surface area contributed by atoms with Gasteiger partial charge in [0.2, 0.25) is 0 Å². The van der Waals surface area contributed by atoms with Gasteiger partial charge in [0, 0.05) is 19.1 Å². The highest BCUT2D eigenvalue weighted by Crippen LogP contribution is 2.22. The van der Waals surface area contributed by atoms with E-state index in [1.54, 1.807) is 0 Å². The van der Waals surface area contributed by atoms with Crippen molar-refractivity contribution in [3.05, 3.63) is 12.2 Å². The molecule has 0 radical (unpaired) electrons. The fourth-order valence-electron chi connectivity index (χ4n) is 3.13. The normalized spacial score (nSPS) is 25.9. The van der Waals surface area contributed by atoms with Crippen LogP contribution in [0.1, 0.15) is 44.9 Å². The molecule has 1 saturated carbocycles. The van der Waals surface area contributed by atoms with Gasteiger partial charge in [-0.2, -0.15) is 0 Å². The lowest BCUT2D eigenvalue weighted by Gasteiger charge is -2.25.